The predicted molar refractivity (Wildman–Crippen MR) is 75.0 cm³/mol. The molecular weight excluding hydrogens is 260 g/mol. The first-order valence-electron chi connectivity index (χ1n) is 6.53. The number of hydrogen-bond acceptors (Lipinski definition) is 2. The summed E-state index contributed by atoms with van der Waals surface area (Å²) < 4.78 is 32.4. The Morgan fingerprint density at radius 2 is 1.90 bits per heavy atom. The van der Waals surface area contributed by atoms with Gasteiger partial charge >= 0.3 is 0 Å². The van der Waals surface area contributed by atoms with Crippen molar-refractivity contribution >= 4 is 0 Å². The van der Waals surface area contributed by atoms with E-state index < -0.39 is 0 Å². The van der Waals surface area contributed by atoms with Crippen LogP contribution in [0.4, 0.5) is 8.78 Å². The molecule has 0 saturated carbocycles. The lowest BCUT2D eigenvalue weighted by molar-refractivity contribution is 0.465. The fourth-order valence-electron chi connectivity index (χ4n) is 1.81. The van der Waals surface area contributed by atoms with Crippen LogP contribution in [0.3, 0.4) is 0 Å². The molecule has 0 spiro atoms. The first kappa shape index (κ1) is 14.5. The number of aryl methyl sites for hydroxylation is 1. The zero-order chi connectivity index (χ0) is 14.5. The Morgan fingerprint density at radius 3 is 2.60 bits per heavy atom. The van der Waals surface area contributed by atoms with Crippen LogP contribution in [0, 0.1) is 18.6 Å². The molecule has 0 fully saturated rings. The third kappa shape index (κ3) is 3.54. The molecule has 2 nitrogen and oxygen atoms in total. The summed E-state index contributed by atoms with van der Waals surface area (Å²) in [6.07, 6.45) is 0. The summed E-state index contributed by atoms with van der Waals surface area (Å²) >= 11 is 0. The van der Waals surface area contributed by atoms with Gasteiger partial charge in [0, 0.05) is 18.2 Å². The predicted octanol–water partition coefficient (Wildman–Crippen LogP) is 4.18. The largest absolute Gasteiger partial charge is 0.457 e. The molecule has 0 amide bonds. The molecule has 2 rings (SSSR count). The van der Waals surface area contributed by atoms with E-state index >= 15 is 0 Å². The van der Waals surface area contributed by atoms with Crippen LogP contribution in [0.2, 0.25) is 0 Å². The lowest BCUT2D eigenvalue weighted by Crippen LogP contribution is -2.12. The fourth-order valence-corrected chi connectivity index (χ4v) is 1.81. The number of rotatable bonds is 5. The second kappa shape index (κ2) is 6.48. The smallest absolute Gasteiger partial charge is 0.132 e. The standard InChI is InChI=1S/C16H17F2NO/c1-3-19-10-12-8-13(17)5-7-16(12)20-14-6-4-11(2)15(18)9-14/h4-9,19H,3,10H2,1-2H3. The first-order chi connectivity index (χ1) is 9.60. The molecule has 0 unspecified atom stereocenters. The Morgan fingerprint density at radius 1 is 1.10 bits per heavy atom. The molecule has 0 saturated heterocycles. The highest BCUT2D eigenvalue weighted by Gasteiger charge is 2.08. The minimum atomic E-state index is -0.321. The molecular formula is C16H17F2NO. The van der Waals surface area contributed by atoms with E-state index in [-0.39, 0.29) is 11.6 Å². The molecule has 0 bridgehead atoms. The number of halogens is 2. The topological polar surface area (TPSA) is 21.3 Å². The van der Waals surface area contributed by atoms with Gasteiger partial charge in [-0.25, -0.2) is 8.78 Å². The minimum Gasteiger partial charge on any atom is -0.457 e. The van der Waals surface area contributed by atoms with E-state index in [4.69, 9.17) is 4.74 Å². The monoisotopic (exact) mass is 277 g/mol. The maximum absolute atomic E-state index is 13.5. The zero-order valence-electron chi connectivity index (χ0n) is 11.5. The van der Waals surface area contributed by atoms with Crippen molar-refractivity contribution in [2.24, 2.45) is 0 Å². The summed E-state index contributed by atoms with van der Waals surface area (Å²) in [4.78, 5) is 0. The van der Waals surface area contributed by atoms with E-state index in [0.29, 0.717) is 29.2 Å². The quantitative estimate of drug-likeness (QED) is 0.885. The van der Waals surface area contributed by atoms with Crippen molar-refractivity contribution in [3.8, 4) is 11.5 Å². The average molecular weight is 277 g/mol. The number of hydrogen-bond donors (Lipinski definition) is 1. The Labute approximate surface area is 117 Å². The van der Waals surface area contributed by atoms with Gasteiger partial charge in [0.25, 0.3) is 0 Å². The molecule has 20 heavy (non-hydrogen) atoms. The summed E-state index contributed by atoms with van der Waals surface area (Å²) in [5, 5.41) is 3.12. The van der Waals surface area contributed by atoms with Crippen molar-refractivity contribution in [3.63, 3.8) is 0 Å². The minimum absolute atomic E-state index is 0.319. The van der Waals surface area contributed by atoms with Crippen molar-refractivity contribution in [1.82, 2.24) is 5.32 Å². The average Bonchev–Trinajstić information content (AvgIpc) is 2.43. The van der Waals surface area contributed by atoms with Gasteiger partial charge in [-0.2, -0.15) is 0 Å². The number of nitrogens with one attached hydrogen (secondary N) is 1. The van der Waals surface area contributed by atoms with Crippen LogP contribution < -0.4 is 10.1 Å². The van der Waals surface area contributed by atoms with E-state index in [2.05, 4.69) is 5.32 Å². The lowest BCUT2D eigenvalue weighted by Gasteiger charge is -2.12. The number of benzene rings is 2. The second-order valence-electron chi connectivity index (χ2n) is 4.55. The Bertz CT molecular complexity index is 599. The van der Waals surface area contributed by atoms with Crippen molar-refractivity contribution < 1.29 is 13.5 Å². The lowest BCUT2D eigenvalue weighted by atomic mass is 10.2. The molecule has 4 heteroatoms. The summed E-state index contributed by atoms with van der Waals surface area (Å²) in [6, 6.07) is 8.98. The van der Waals surface area contributed by atoms with Gasteiger partial charge in [-0.3, -0.25) is 0 Å². The molecule has 0 heterocycles. The Balaban J connectivity index is 2.25. The van der Waals surface area contributed by atoms with Crippen LogP contribution in [-0.4, -0.2) is 6.54 Å². The van der Waals surface area contributed by atoms with Crippen molar-refractivity contribution in [2.75, 3.05) is 6.54 Å². The normalized spacial score (nSPS) is 10.6. The first-order valence-corrected chi connectivity index (χ1v) is 6.53. The molecule has 0 aliphatic rings. The van der Waals surface area contributed by atoms with E-state index in [1.807, 2.05) is 6.92 Å². The van der Waals surface area contributed by atoms with Gasteiger partial charge in [0.2, 0.25) is 0 Å². The van der Waals surface area contributed by atoms with Crippen LogP contribution >= 0.6 is 0 Å². The SMILES string of the molecule is CCNCc1cc(F)ccc1Oc1ccc(C)c(F)c1. The van der Waals surface area contributed by atoms with Crippen LogP contribution in [0.15, 0.2) is 36.4 Å². The molecule has 2 aromatic carbocycles. The third-order valence-corrected chi connectivity index (χ3v) is 2.96. The Hall–Kier alpha value is -1.94. The van der Waals surface area contributed by atoms with Gasteiger partial charge in [-0.15, -0.1) is 0 Å². The third-order valence-electron chi connectivity index (χ3n) is 2.96. The molecule has 0 atom stereocenters. The van der Waals surface area contributed by atoms with E-state index in [9.17, 15) is 8.78 Å². The van der Waals surface area contributed by atoms with Gasteiger partial charge in [0.15, 0.2) is 0 Å². The van der Waals surface area contributed by atoms with Crippen LogP contribution in [0.25, 0.3) is 0 Å². The zero-order valence-corrected chi connectivity index (χ0v) is 11.5. The van der Waals surface area contributed by atoms with E-state index in [1.165, 1.54) is 18.2 Å². The Kier molecular flexibility index (Phi) is 4.69. The van der Waals surface area contributed by atoms with Gasteiger partial charge in [0.1, 0.15) is 23.1 Å². The van der Waals surface area contributed by atoms with Crippen molar-refractivity contribution in [3.05, 3.63) is 59.2 Å². The highest BCUT2D eigenvalue weighted by atomic mass is 19.1. The highest BCUT2D eigenvalue weighted by Crippen LogP contribution is 2.27. The van der Waals surface area contributed by atoms with E-state index in [1.54, 1.807) is 25.1 Å². The van der Waals surface area contributed by atoms with E-state index in [0.717, 1.165) is 6.54 Å². The summed E-state index contributed by atoms with van der Waals surface area (Å²) in [6.45, 7) is 4.93. The maximum Gasteiger partial charge on any atom is 0.132 e. The molecule has 0 radical (unpaired) electrons. The van der Waals surface area contributed by atoms with Gasteiger partial charge in [0.05, 0.1) is 0 Å². The molecule has 0 aromatic heterocycles. The van der Waals surface area contributed by atoms with Gasteiger partial charge in [-0.1, -0.05) is 13.0 Å². The van der Waals surface area contributed by atoms with Crippen LogP contribution in [0.5, 0.6) is 11.5 Å². The van der Waals surface area contributed by atoms with Crippen LogP contribution in [0.1, 0.15) is 18.1 Å². The second-order valence-corrected chi connectivity index (χ2v) is 4.55. The fraction of sp³-hybridized carbons (Fsp3) is 0.250. The van der Waals surface area contributed by atoms with Crippen molar-refractivity contribution in [2.45, 2.75) is 20.4 Å². The van der Waals surface area contributed by atoms with Crippen molar-refractivity contribution in [1.29, 1.82) is 0 Å². The highest BCUT2D eigenvalue weighted by molar-refractivity contribution is 5.39. The summed E-state index contributed by atoms with van der Waals surface area (Å²) in [5.74, 6) is 0.284. The summed E-state index contributed by atoms with van der Waals surface area (Å²) in [7, 11) is 0. The maximum atomic E-state index is 13.5. The molecule has 0 aliphatic heterocycles. The molecule has 106 valence electrons. The van der Waals surface area contributed by atoms with Gasteiger partial charge in [-0.05, 0) is 43.3 Å². The van der Waals surface area contributed by atoms with Gasteiger partial charge < -0.3 is 10.1 Å². The summed E-state index contributed by atoms with van der Waals surface area (Å²) in [5.41, 5.74) is 1.26. The molecule has 2 aromatic rings. The molecule has 1 N–H and O–H groups in total. The number of ether oxygens (including phenoxy) is 1. The van der Waals surface area contributed by atoms with Crippen LogP contribution in [-0.2, 0) is 6.54 Å². The molecule has 0 aliphatic carbocycles.